The molecule has 8 heteroatoms. The van der Waals surface area contributed by atoms with Crippen molar-refractivity contribution in [1.82, 2.24) is 0 Å². The highest BCUT2D eigenvalue weighted by molar-refractivity contribution is 7.93. The third-order valence-electron chi connectivity index (χ3n) is 3.08. The first kappa shape index (κ1) is 18.1. The van der Waals surface area contributed by atoms with E-state index in [4.69, 9.17) is 34.8 Å². The van der Waals surface area contributed by atoms with Crippen molar-refractivity contribution >= 4 is 55.8 Å². The molecule has 23 heavy (non-hydrogen) atoms. The Kier molecular flexibility index (Phi) is 5.57. The highest BCUT2D eigenvalue weighted by Gasteiger charge is 2.33. The summed E-state index contributed by atoms with van der Waals surface area (Å²) in [5, 5.41) is -0.328. The van der Waals surface area contributed by atoms with E-state index in [1.165, 1.54) is 37.3 Å². The third-order valence-corrected chi connectivity index (χ3v) is 5.75. The number of rotatable bonds is 5. The first-order chi connectivity index (χ1) is 10.7. The van der Waals surface area contributed by atoms with Crippen molar-refractivity contribution in [2.45, 2.75) is 17.9 Å². The molecule has 122 valence electrons. The zero-order valence-electron chi connectivity index (χ0n) is 11.9. The molecule has 0 radical (unpaired) electrons. The summed E-state index contributed by atoms with van der Waals surface area (Å²) in [6.45, 7) is 1.39. The normalized spacial score (nSPS) is 12.7. The monoisotopic (exact) mass is 391 g/mol. The van der Waals surface area contributed by atoms with Crippen LogP contribution in [0.25, 0.3) is 0 Å². The lowest BCUT2D eigenvalue weighted by molar-refractivity contribution is -0.112. The van der Waals surface area contributed by atoms with Gasteiger partial charge in [0, 0.05) is 10.0 Å². The van der Waals surface area contributed by atoms with Crippen molar-refractivity contribution in [3.63, 3.8) is 0 Å². The SMILES string of the molecule is CC(C(=O)Cl)N(c1cc(Cl)cc(Cl)c1)S(=O)(=O)c1ccccc1. The van der Waals surface area contributed by atoms with Crippen LogP contribution in [0.1, 0.15) is 6.92 Å². The highest BCUT2D eigenvalue weighted by Crippen LogP contribution is 2.31. The molecule has 4 nitrogen and oxygen atoms in total. The van der Waals surface area contributed by atoms with Gasteiger partial charge in [-0.05, 0) is 48.9 Å². The Morgan fingerprint density at radius 1 is 1.04 bits per heavy atom. The van der Waals surface area contributed by atoms with E-state index in [9.17, 15) is 13.2 Å². The molecule has 0 N–H and O–H groups in total. The van der Waals surface area contributed by atoms with Crippen LogP contribution >= 0.6 is 34.8 Å². The summed E-state index contributed by atoms with van der Waals surface area (Å²) < 4.78 is 26.8. The van der Waals surface area contributed by atoms with Gasteiger partial charge >= 0.3 is 0 Å². The molecule has 0 saturated heterocycles. The first-order valence-electron chi connectivity index (χ1n) is 6.48. The van der Waals surface area contributed by atoms with Gasteiger partial charge in [0.1, 0.15) is 6.04 Å². The van der Waals surface area contributed by atoms with Gasteiger partial charge in [0.2, 0.25) is 5.24 Å². The summed E-state index contributed by atoms with van der Waals surface area (Å²) in [6, 6.07) is 10.9. The topological polar surface area (TPSA) is 54.5 Å². The number of sulfonamides is 1. The second-order valence-electron chi connectivity index (χ2n) is 4.72. The van der Waals surface area contributed by atoms with E-state index in [2.05, 4.69) is 0 Å². The molecule has 0 aliphatic carbocycles. The molecule has 1 atom stereocenters. The standard InChI is InChI=1S/C15H12Cl3NO3S/c1-10(15(18)20)19(13-8-11(16)7-12(17)9-13)23(21,22)14-5-3-2-4-6-14/h2-10H,1H3. The Labute approximate surface area is 149 Å². The van der Waals surface area contributed by atoms with Gasteiger partial charge < -0.3 is 0 Å². The molecule has 0 aliphatic heterocycles. The van der Waals surface area contributed by atoms with Crippen molar-refractivity contribution in [3.8, 4) is 0 Å². The van der Waals surface area contributed by atoms with Crippen LogP contribution in [0.5, 0.6) is 0 Å². The van der Waals surface area contributed by atoms with Gasteiger partial charge in [-0.2, -0.15) is 0 Å². The van der Waals surface area contributed by atoms with Crippen molar-refractivity contribution in [3.05, 3.63) is 58.6 Å². The summed E-state index contributed by atoms with van der Waals surface area (Å²) in [5.74, 6) is 0. The van der Waals surface area contributed by atoms with Crippen LogP contribution in [0, 0.1) is 0 Å². The predicted molar refractivity (Wildman–Crippen MR) is 92.9 cm³/mol. The fourth-order valence-electron chi connectivity index (χ4n) is 2.04. The summed E-state index contributed by atoms with van der Waals surface area (Å²) in [5.41, 5.74) is 0.160. The van der Waals surface area contributed by atoms with E-state index >= 15 is 0 Å². The lowest BCUT2D eigenvalue weighted by Gasteiger charge is -2.28. The van der Waals surface area contributed by atoms with Gasteiger partial charge in [0.15, 0.2) is 0 Å². The maximum absolute atomic E-state index is 12.9. The second kappa shape index (κ2) is 7.09. The molecule has 0 fully saturated rings. The average molecular weight is 393 g/mol. The Morgan fingerprint density at radius 2 is 1.57 bits per heavy atom. The molecular weight excluding hydrogens is 381 g/mol. The van der Waals surface area contributed by atoms with Crippen LogP contribution < -0.4 is 4.31 Å². The van der Waals surface area contributed by atoms with Crippen molar-refractivity contribution in [2.24, 2.45) is 0 Å². The van der Waals surface area contributed by atoms with E-state index in [0.29, 0.717) is 0 Å². The highest BCUT2D eigenvalue weighted by atomic mass is 35.5. The molecule has 2 aromatic rings. The van der Waals surface area contributed by atoms with Gasteiger partial charge in [-0.25, -0.2) is 8.42 Å². The number of nitrogens with zero attached hydrogens (tertiary/aromatic N) is 1. The molecule has 0 aliphatic rings. The maximum Gasteiger partial charge on any atom is 0.265 e. The number of carbonyl (C=O) groups is 1. The molecule has 2 aromatic carbocycles. The zero-order valence-corrected chi connectivity index (χ0v) is 15.0. The van der Waals surface area contributed by atoms with E-state index in [0.717, 1.165) is 4.31 Å². The minimum atomic E-state index is -4.02. The fraction of sp³-hybridized carbons (Fsp3) is 0.133. The smallest absolute Gasteiger partial charge is 0.265 e. The molecule has 0 heterocycles. The van der Waals surface area contributed by atoms with E-state index in [-0.39, 0.29) is 20.6 Å². The minimum Gasteiger partial charge on any atom is -0.279 e. The van der Waals surface area contributed by atoms with Crippen molar-refractivity contribution < 1.29 is 13.2 Å². The fourth-order valence-corrected chi connectivity index (χ4v) is 4.33. The van der Waals surface area contributed by atoms with Gasteiger partial charge in [0.05, 0.1) is 10.6 Å². The lowest BCUT2D eigenvalue weighted by atomic mass is 10.3. The zero-order chi connectivity index (χ0) is 17.2. The quantitative estimate of drug-likeness (QED) is 0.711. The number of halogens is 3. The Hall–Kier alpha value is -1.27. The summed E-state index contributed by atoms with van der Waals surface area (Å²) in [7, 11) is -4.02. The lowest BCUT2D eigenvalue weighted by Crippen LogP contribution is -2.42. The van der Waals surface area contributed by atoms with Crippen LogP contribution in [0.3, 0.4) is 0 Å². The number of anilines is 1. The van der Waals surface area contributed by atoms with Gasteiger partial charge in [-0.15, -0.1) is 0 Å². The van der Waals surface area contributed by atoms with Crippen LogP contribution in [-0.2, 0) is 14.8 Å². The molecule has 0 bridgehead atoms. The third kappa shape index (κ3) is 3.98. The number of carbonyl (C=O) groups excluding carboxylic acids is 1. The molecule has 0 amide bonds. The van der Waals surface area contributed by atoms with Gasteiger partial charge in [0.25, 0.3) is 10.0 Å². The molecule has 0 spiro atoms. The van der Waals surface area contributed by atoms with E-state index in [1.807, 2.05) is 0 Å². The molecule has 1 unspecified atom stereocenters. The maximum atomic E-state index is 12.9. The summed E-state index contributed by atoms with van der Waals surface area (Å²) in [4.78, 5) is 11.6. The van der Waals surface area contributed by atoms with Crippen LogP contribution in [0.15, 0.2) is 53.4 Å². The number of hydrogen-bond acceptors (Lipinski definition) is 3. The second-order valence-corrected chi connectivity index (χ2v) is 7.78. The Morgan fingerprint density at radius 3 is 2.04 bits per heavy atom. The van der Waals surface area contributed by atoms with Crippen molar-refractivity contribution in [1.29, 1.82) is 0 Å². The predicted octanol–water partition coefficient (Wildman–Crippen LogP) is 4.34. The summed E-state index contributed by atoms with van der Waals surface area (Å²) in [6.07, 6.45) is 0. The molecule has 0 saturated carbocycles. The molecule has 2 rings (SSSR count). The average Bonchev–Trinajstić information content (AvgIpc) is 2.47. The number of hydrogen-bond donors (Lipinski definition) is 0. The molecular formula is C15H12Cl3NO3S. The van der Waals surface area contributed by atoms with Crippen LogP contribution in [0.4, 0.5) is 5.69 Å². The van der Waals surface area contributed by atoms with Crippen LogP contribution in [0.2, 0.25) is 10.0 Å². The van der Waals surface area contributed by atoms with Crippen molar-refractivity contribution in [2.75, 3.05) is 4.31 Å². The van der Waals surface area contributed by atoms with E-state index < -0.39 is 21.3 Å². The van der Waals surface area contributed by atoms with Crippen LogP contribution in [-0.4, -0.2) is 19.7 Å². The number of benzene rings is 2. The minimum absolute atomic E-state index is 0.0286. The summed E-state index contributed by atoms with van der Waals surface area (Å²) >= 11 is 17.4. The Balaban J connectivity index is 2.66. The Bertz CT molecular complexity index is 805. The van der Waals surface area contributed by atoms with E-state index in [1.54, 1.807) is 18.2 Å². The molecule has 0 aromatic heterocycles. The van der Waals surface area contributed by atoms with Gasteiger partial charge in [-0.1, -0.05) is 41.4 Å². The first-order valence-corrected chi connectivity index (χ1v) is 9.06. The van der Waals surface area contributed by atoms with Gasteiger partial charge in [-0.3, -0.25) is 9.10 Å². The largest absolute Gasteiger partial charge is 0.279 e.